The Morgan fingerprint density at radius 3 is 3.00 bits per heavy atom. The van der Waals surface area contributed by atoms with E-state index in [9.17, 15) is 4.79 Å². The third-order valence-corrected chi connectivity index (χ3v) is 4.98. The largest absolute Gasteiger partial charge is 0.492 e. The number of hydrogen-bond acceptors (Lipinski definition) is 6. The number of nitrogens with zero attached hydrogens (tertiary/aromatic N) is 3. The standard InChI is InChI=1S/C18H17N3O3S/c1-2-23-14-7-4-3-6-13(14)21-11-12(10-16(21)22)18-19-17(20-24-18)15-8-5-9-25-15/h3-9,12H,2,10-11H2,1H3. The van der Waals surface area contributed by atoms with E-state index in [1.165, 1.54) is 0 Å². The molecule has 2 aromatic heterocycles. The number of aromatic nitrogens is 2. The zero-order valence-corrected chi connectivity index (χ0v) is 14.5. The SMILES string of the molecule is CCOc1ccccc1N1CC(c2nc(-c3cccs3)no2)CC1=O. The van der Waals surface area contributed by atoms with E-state index in [0.29, 0.717) is 37.0 Å². The Kier molecular flexibility index (Phi) is 4.23. The molecule has 128 valence electrons. The first-order valence-corrected chi connectivity index (χ1v) is 9.04. The van der Waals surface area contributed by atoms with Crippen LogP contribution >= 0.6 is 11.3 Å². The van der Waals surface area contributed by atoms with Gasteiger partial charge in [-0.2, -0.15) is 4.98 Å². The minimum Gasteiger partial charge on any atom is -0.492 e. The summed E-state index contributed by atoms with van der Waals surface area (Å²) < 4.78 is 11.1. The highest BCUT2D eigenvalue weighted by Crippen LogP contribution is 2.36. The van der Waals surface area contributed by atoms with E-state index in [1.807, 2.05) is 48.7 Å². The van der Waals surface area contributed by atoms with Crippen molar-refractivity contribution >= 4 is 22.9 Å². The van der Waals surface area contributed by atoms with Crippen LogP contribution in [-0.4, -0.2) is 29.2 Å². The third kappa shape index (κ3) is 3.02. The van der Waals surface area contributed by atoms with Gasteiger partial charge in [0.15, 0.2) is 0 Å². The summed E-state index contributed by atoms with van der Waals surface area (Å²) in [6.45, 7) is 2.99. The normalized spacial score (nSPS) is 17.2. The lowest BCUT2D eigenvalue weighted by Crippen LogP contribution is -2.25. The average Bonchev–Trinajstić information content (AvgIpc) is 3.36. The van der Waals surface area contributed by atoms with E-state index < -0.39 is 0 Å². The Hall–Kier alpha value is -2.67. The number of thiophene rings is 1. The summed E-state index contributed by atoms with van der Waals surface area (Å²) in [6, 6.07) is 11.5. The van der Waals surface area contributed by atoms with Crippen LogP contribution in [0.2, 0.25) is 0 Å². The highest BCUT2D eigenvalue weighted by atomic mass is 32.1. The fraction of sp³-hybridized carbons (Fsp3) is 0.278. The summed E-state index contributed by atoms with van der Waals surface area (Å²) in [7, 11) is 0. The molecule has 7 heteroatoms. The molecule has 0 bridgehead atoms. The summed E-state index contributed by atoms with van der Waals surface area (Å²) in [6.07, 6.45) is 0.354. The van der Waals surface area contributed by atoms with Crippen molar-refractivity contribution in [2.24, 2.45) is 0 Å². The number of carbonyl (C=O) groups excluding carboxylic acids is 1. The Bertz CT molecular complexity index is 875. The van der Waals surface area contributed by atoms with Crippen molar-refractivity contribution in [1.82, 2.24) is 10.1 Å². The number of anilines is 1. The summed E-state index contributed by atoms with van der Waals surface area (Å²) in [4.78, 5) is 19.7. The highest BCUT2D eigenvalue weighted by molar-refractivity contribution is 7.13. The van der Waals surface area contributed by atoms with Gasteiger partial charge in [-0.3, -0.25) is 4.79 Å². The first kappa shape index (κ1) is 15.8. The lowest BCUT2D eigenvalue weighted by atomic mass is 10.1. The predicted molar refractivity (Wildman–Crippen MR) is 94.9 cm³/mol. The summed E-state index contributed by atoms with van der Waals surface area (Å²) in [5.74, 6) is 1.72. The van der Waals surface area contributed by atoms with Gasteiger partial charge < -0.3 is 14.2 Å². The van der Waals surface area contributed by atoms with Gasteiger partial charge in [-0.05, 0) is 30.5 Å². The van der Waals surface area contributed by atoms with Crippen molar-refractivity contribution in [3.63, 3.8) is 0 Å². The first-order valence-electron chi connectivity index (χ1n) is 8.16. The van der Waals surface area contributed by atoms with Crippen LogP contribution in [0.3, 0.4) is 0 Å². The minimum atomic E-state index is -0.108. The van der Waals surface area contributed by atoms with Crippen LogP contribution in [0.25, 0.3) is 10.7 Å². The molecule has 1 aliphatic rings. The van der Waals surface area contributed by atoms with Gasteiger partial charge in [-0.15, -0.1) is 11.3 Å². The fourth-order valence-corrected chi connectivity index (χ4v) is 3.62. The van der Waals surface area contributed by atoms with Gasteiger partial charge in [-0.1, -0.05) is 23.4 Å². The third-order valence-electron chi connectivity index (χ3n) is 4.11. The molecule has 1 aromatic carbocycles. The number of hydrogen-bond donors (Lipinski definition) is 0. The van der Waals surface area contributed by atoms with Gasteiger partial charge in [0.25, 0.3) is 0 Å². The second-order valence-electron chi connectivity index (χ2n) is 5.74. The molecule has 1 unspecified atom stereocenters. The minimum absolute atomic E-state index is 0.0352. The van der Waals surface area contributed by atoms with E-state index in [4.69, 9.17) is 9.26 Å². The van der Waals surface area contributed by atoms with Crippen LogP contribution in [0, 0.1) is 0 Å². The number of benzene rings is 1. The molecule has 3 aromatic rings. The Morgan fingerprint density at radius 2 is 2.20 bits per heavy atom. The van der Waals surface area contributed by atoms with Crippen molar-refractivity contribution in [3.05, 3.63) is 47.7 Å². The van der Waals surface area contributed by atoms with Gasteiger partial charge in [0, 0.05) is 13.0 Å². The smallest absolute Gasteiger partial charge is 0.232 e. The molecule has 0 aliphatic carbocycles. The molecule has 3 heterocycles. The number of ether oxygens (including phenoxy) is 1. The van der Waals surface area contributed by atoms with Crippen molar-refractivity contribution in [3.8, 4) is 16.5 Å². The molecule has 0 saturated carbocycles. The maximum atomic E-state index is 12.5. The second kappa shape index (κ2) is 6.68. The Balaban J connectivity index is 1.57. The molecule has 0 spiro atoms. The summed E-state index contributed by atoms with van der Waals surface area (Å²) >= 11 is 1.56. The van der Waals surface area contributed by atoms with Crippen molar-refractivity contribution in [2.75, 3.05) is 18.1 Å². The van der Waals surface area contributed by atoms with Crippen LogP contribution in [-0.2, 0) is 4.79 Å². The fourth-order valence-electron chi connectivity index (χ4n) is 2.97. The number of carbonyl (C=O) groups is 1. The first-order chi connectivity index (χ1) is 12.3. The van der Waals surface area contributed by atoms with E-state index in [-0.39, 0.29) is 11.8 Å². The Labute approximate surface area is 149 Å². The quantitative estimate of drug-likeness (QED) is 0.698. The Morgan fingerprint density at radius 1 is 1.32 bits per heavy atom. The van der Waals surface area contributed by atoms with Crippen molar-refractivity contribution < 1.29 is 14.1 Å². The highest BCUT2D eigenvalue weighted by Gasteiger charge is 2.36. The zero-order valence-electron chi connectivity index (χ0n) is 13.7. The van der Waals surface area contributed by atoms with Gasteiger partial charge in [0.05, 0.1) is 23.1 Å². The number of para-hydroxylation sites is 2. The van der Waals surface area contributed by atoms with Gasteiger partial charge in [-0.25, -0.2) is 0 Å². The summed E-state index contributed by atoms with van der Waals surface area (Å²) in [5.41, 5.74) is 0.787. The van der Waals surface area contributed by atoms with Crippen LogP contribution in [0.1, 0.15) is 25.2 Å². The average molecular weight is 355 g/mol. The van der Waals surface area contributed by atoms with Crippen LogP contribution in [0.4, 0.5) is 5.69 Å². The molecule has 4 rings (SSSR count). The molecular weight excluding hydrogens is 338 g/mol. The molecule has 1 fully saturated rings. The monoisotopic (exact) mass is 355 g/mol. The maximum absolute atomic E-state index is 12.5. The van der Waals surface area contributed by atoms with E-state index in [2.05, 4.69) is 10.1 Å². The molecular formula is C18H17N3O3S. The maximum Gasteiger partial charge on any atom is 0.232 e. The van der Waals surface area contributed by atoms with Crippen LogP contribution in [0.15, 0.2) is 46.3 Å². The van der Waals surface area contributed by atoms with E-state index in [0.717, 1.165) is 10.6 Å². The van der Waals surface area contributed by atoms with Crippen molar-refractivity contribution in [1.29, 1.82) is 0 Å². The lowest BCUT2D eigenvalue weighted by Gasteiger charge is -2.19. The van der Waals surface area contributed by atoms with Crippen LogP contribution in [0.5, 0.6) is 5.75 Å². The molecule has 0 N–H and O–H groups in total. The molecule has 1 saturated heterocycles. The molecule has 1 aliphatic heterocycles. The van der Waals surface area contributed by atoms with E-state index >= 15 is 0 Å². The summed E-state index contributed by atoms with van der Waals surface area (Å²) in [5, 5.41) is 6.01. The molecule has 0 radical (unpaired) electrons. The van der Waals surface area contributed by atoms with Gasteiger partial charge in [0.2, 0.25) is 17.6 Å². The number of amides is 1. The topological polar surface area (TPSA) is 68.5 Å². The second-order valence-corrected chi connectivity index (χ2v) is 6.69. The van der Waals surface area contributed by atoms with Gasteiger partial charge in [0.1, 0.15) is 5.75 Å². The molecule has 6 nitrogen and oxygen atoms in total. The predicted octanol–water partition coefficient (Wildman–Crippen LogP) is 3.72. The lowest BCUT2D eigenvalue weighted by molar-refractivity contribution is -0.117. The van der Waals surface area contributed by atoms with E-state index in [1.54, 1.807) is 16.2 Å². The molecule has 25 heavy (non-hydrogen) atoms. The zero-order chi connectivity index (χ0) is 17.2. The van der Waals surface area contributed by atoms with Crippen molar-refractivity contribution in [2.45, 2.75) is 19.3 Å². The number of rotatable bonds is 5. The molecule has 1 amide bonds. The van der Waals surface area contributed by atoms with Gasteiger partial charge >= 0.3 is 0 Å². The molecule has 1 atom stereocenters. The van der Waals surface area contributed by atoms with Crippen LogP contribution < -0.4 is 9.64 Å².